The molecule has 5 nitrogen and oxygen atoms in total. The first kappa shape index (κ1) is 20.5. The Kier molecular flexibility index (Phi) is 5.84. The molecule has 0 saturated heterocycles. The van der Waals surface area contributed by atoms with Crippen molar-refractivity contribution in [3.63, 3.8) is 0 Å². The molecule has 1 atom stereocenters. The third-order valence-electron chi connectivity index (χ3n) is 4.25. The van der Waals surface area contributed by atoms with E-state index >= 15 is 0 Å². The molecule has 0 bridgehead atoms. The van der Waals surface area contributed by atoms with Gasteiger partial charge in [0.1, 0.15) is 6.04 Å². The van der Waals surface area contributed by atoms with E-state index in [2.05, 4.69) is 5.32 Å². The van der Waals surface area contributed by atoms with Crippen LogP contribution in [0.4, 0.5) is 11.4 Å². The number of fused-ring (bicyclic) bond motifs is 1. The van der Waals surface area contributed by atoms with Gasteiger partial charge in [-0.05, 0) is 48.0 Å². The number of nitrogens with one attached hydrogen (secondary N) is 1. The largest absolute Gasteiger partial charge is 0.324 e. The summed E-state index contributed by atoms with van der Waals surface area (Å²) < 4.78 is 25.8. The zero-order chi connectivity index (χ0) is 20.5. The molecule has 1 amide bonds. The quantitative estimate of drug-likeness (QED) is 0.615. The number of halogens is 2. The number of rotatable bonds is 5. The molecule has 0 heterocycles. The van der Waals surface area contributed by atoms with E-state index in [9.17, 15) is 13.2 Å². The summed E-state index contributed by atoms with van der Waals surface area (Å²) in [6, 6.07) is 16.6. The molecule has 0 fully saturated rings. The highest BCUT2D eigenvalue weighted by Crippen LogP contribution is 2.32. The monoisotopic (exact) mass is 436 g/mol. The van der Waals surface area contributed by atoms with Gasteiger partial charge in [-0.2, -0.15) is 0 Å². The first-order valence-corrected chi connectivity index (χ1v) is 11.0. The number of amides is 1. The van der Waals surface area contributed by atoms with Crippen LogP contribution in [0.1, 0.15) is 6.92 Å². The average molecular weight is 437 g/mol. The Labute approximate surface area is 173 Å². The number of benzene rings is 3. The number of anilines is 2. The Morgan fingerprint density at radius 3 is 2.36 bits per heavy atom. The fourth-order valence-electron chi connectivity index (χ4n) is 2.95. The van der Waals surface area contributed by atoms with E-state index in [0.717, 1.165) is 21.3 Å². The van der Waals surface area contributed by atoms with Crippen molar-refractivity contribution in [1.82, 2.24) is 0 Å². The summed E-state index contributed by atoms with van der Waals surface area (Å²) in [4.78, 5) is 12.8. The minimum Gasteiger partial charge on any atom is -0.324 e. The molecule has 0 saturated carbocycles. The van der Waals surface area contributed by atoms with Crippen LogP contribution < -0.4 is 9.62 Å². The average Bonchev–Trinajstić information content (AvgIpc) is 2.63. The number of sulfonamides is 1. The second-order valence-electron chi connectivity index (χ2n) is 6.38. The van der Waals surface area contributed by atoms with Gasteiger partial charge in [-0.25, -0.2) is 8.42 Å². The number of hydrogen-bond acceptors (Lipinski definition) is 3. The molecular weight excluding hydrogens is 419 g/mol. The first-order chi connectivity index (χ1) is 13.2. The molecule has 3 rings (SSSR count). The van der Waals surface area contributed by atoms with E-state index < -0.39 is 22.0 Å². The van der Waals surface area contributed by atoms with Crippen molar-refractivity contribution in [3.8, 4) is 0 Å². The van der Waals surface area contributed by atoms with Gasteiger partial charge in [0.25, 0.3) is 0 Å². The summed E-state index contributed by atoms with van der Waals surface area (Å²) in [7, 11) is -3.80. The van der Waals surface area contributed by atoms with E-state index in [4.69, 9.17) is 23.2 Å². The molecule has 0 aliphatic heterocycles. The van der Waals surface area contributed by atoms with E-state index in [-0.39, 0.29) is 10.7 Å². The Balaban J connectivity index is 1.92. The molecule has 0 aliphatic carbocycles. The van der Waals surface area contributed by atoms with Gasteiger partial charge in [0.2, 0.25) is 15.9 Å². The predicted molar refractivity (Wildman–Crippen MR) is 116 cm³/mol. The minimum absolute atomic E-state index is 0.151. The standard InChI is InChI=1S/C20H18Cl2N2O3S/c1-13(24(28(2,26)27)19-12-16(21)8-10-18(19)22)20(25)23-17-9-7-14-5-3-4-6-15(14)11-17/h3-13H,1-2H3,(H,23,25)/t13-/m0/s1. The maximum absolute atomic E-state index is 12.8. The van der Waals surface area contributed by atoms with Crippen molar-refractivity contribution >= 4 is 61.3 Å². The summed E-state index contributed by atoms with van der Waals surface area (Å²) in [5.74, 6) is -0.489. The molecule has 0 aromatic heterocycles. The highest BCUT2D eigenvalue weighted by Gasteiger charge is 2.30. The Morgan fingerprint density at radius 1 is 1.00 bits per heavy atom. The second-order valence-corrected chi connectivity index (χ2v) is 9.08. The molecule has 28 heavy (non-hydrogen) atoms. The predicted octanol–water partition coefficient (Wildman–Crippen LogP) is 4.94. The first-order valence-electron chi connectivity index (χ1n) is 8.41. The second kappa shape index (κ2) is 7.99. The van der Waals surface area contributed by atoms with Crippen LogP contribution in [-0.2, 0) is 14.8 Å². The van der Waals surface area contributed by atoms with Crippen LogP contribution in [0.2, 0.25) is 10.0 Å². The summed E-state index contributed by atoms with van der Waals surface area (Å²) in [5.41, 5.74) is 0.721. The Morgan fingerprint density at radius 2 is 1.68 bits per heavy atom. The van der Waals surface area contributed by atoms with Crippen LogP contribution in [0, 0.1) is 0 Å². The van der Waals surface area contributed by atoms with Crippen LogP contribution in [0.15, 0.2) is 60.7 Å². The lowest BCUT2D eigenvalue weighted by Crippen LogP contribution is -2.45. The van der Waals surface area contributed by atoms with Gasteiger partial charge in [0.05, 0.1) is 17.0 Å². The third-order valence-corrected chi connectivity index (χ3v) is 6.03. The van der Waals surface area contributed by atoms with Gasteiger partial charge in [0.15, 0.2) is 0 Å². The third kappa shape index (κ3) is 4.41. The van der Waals surface area contributed by atoms with Crippen molar-refractivity contribution in [1.29, 1.82) is 0 Å². The number of carbonyl (C=O) groups is 1. The van der Waals surface area contributed by atoms with Gasteiger partial charge < -0.3 is 5.32 Å². The molecule has 8 heteroatoms. The molecule has 0 unspecified atom stereocenters. The van der Waals surface area contributed by atoms with E-state index in [1.54, 1.807) is 12.1 Å². The van der Waals surface area contributed by atoms with Gasteiger partial charge in [-0.3, -0.25) is 9.10 Å². The minimum atomic E-state index is -3.80. The van der Waals surface area contributed by atoms with Crippen LogP contribution >= 0.6 is 23.2 Å². The highest BCUT2D eigenvalue weighted by molar-refractivity contribution is 7.92. The van der Waals surface area contributed by atoms with E-state index in [1.807, 2.05) is 36.4 Å². The molecule has 0 aliphatic rings. The molecule has 3 aromatic carbocycles. The van der Waals surface area contributed by atoms with E-state index in [1.165, 1.54) is 19.1 Å². The normalized spacial score (nSPS) is 12.6. The van der Waals surface area contributed by atoms with Gasteiger partial charge in [0, 0.05) is 10.7 Å². The molecular formula is C20H18Cl2N2O3S. The van der Waals surface area contributed by atoms with E-state index in [0.29, 0.717) is 10.7 Å². The summed E-state index contributed by atoms with van der Waals surface area (Å²) >= 11 is 12.2. The van der Waals surface area contributed by atoms with Crippen LogP contribution in [-0.4, -0.2) is 26.6 Å². The molecule has 0 spiro atoms. The van der Waals surface area contributed by atoms with Crippen molar-refractivity contribution in [2.45, 2.75) is 13.0 Å². The Bertz CT molecular complexity index is 1150. The number of carbonyl (C=O) groups excluding carboxylic acids is 1. The van der Waals surface area contributed by atoms with Gasteiger partial charge >= 0.3 is 0 Å². The summed E-state index contributed by atoms with van der Waals surface area (Å²) in [5, 5.41) is 5.27. The summed E-state index contributed by atoms with van der Waals surface area (Å²) in [6.07, 6.45) is 1.02. The lowest BCUT2D eigenvalue weighted by atomic mass is 10.1. The van der Waals surface area contributed by atoms with Gasteiger partial charge in [-0.1, -0.05) is 53.5 Å². The lowest BCUT2D eigenvalue weighted by Gasteiger charge is -2.29. The SMILES string of the molecule is C[C@@H](C(=O)Nc1ccc2ccccc2c1)N(c1cc(Cl)ccc1Cl)S(C)(=O)=O. The number of hydrogen-bond donors (Lipinski definition) is 1. The summed E-state index contributed by atoms with van der Waals surface area (Å²) in [6.45, 7) is 1.49. The Hall–Kier alpha value is -2.28. The zero-order valence-corrected chi connectivity index (χ0v) is 17.5. The zero-order valence-electron chi connectivity index (χ0n) is 15.2. The molecule has 146 valence electrons. The fraction of sp³-hybridized carbons (Fsp3) is 0.150. The van der Waals surface area contributed by atoms with Crippen molar-refractivity contribution in [2.75, 3.05) is 15.9 Å². The lowest BCUT2D eigenvalue weighted by molar-refractivity contribution is -0.116. The van der Waals surface area contributed by atoms with Crippen LogP contribution in [0.25, 0.3) is 10.8 Å². The van der Waals surface area contributed by atoms with Crippen LogP contribution in [0.5, 0.6) is 0 Å². The van der Waals surface area contributed by atoms with Crippen LogP contribution in [0.3, 0.4) is 0 Å². The highest BCUT2D eigenvalue weighted by atomic mass is 35.5. The maximum atomic E-state index is 12.8. The topological polar surface area (TPSA) is 66.5 Å². The smallest absolute Gasteiger partial charge is 0.247 e. The molecule has 3 aromatic rings. The molecule has 1 N–H and O–H groups in total. The van der Waals surface area contributed by atoms with Crippen molar-refractivity contribution in [2.24, 2.45) is 0 Å². The van der Waals surface area contributed by atoms with Gasteiger partial charge in [-0.15, -0.1) is 0 Å². The number of nitrogens with zero attached hydrogens (tertiary/aromatic N) is 1. The van der Waals surface area contributed by atoms with Crippen molar-refractivity contribution < 1.29 is 13.2 Å². The van der Waals surface area contributed by atoms with Crippen molar-refractivity contribution in [3.05, 3.63) is 70.7 Å². The fourth-order valence-corrected chi connectivity index (χ4v) is 4.55. The molecule has 0 radical (unpaired) electrons. The maximum Gasteiger partial charge on any atom is 0.247 e.